The third-order valence-corrected chi connectivity index (χ3v) is 2.36. The van der Waals surface area contributed by atoms with E-state index in [2.05, 4.69) is 29.1 Å². The second-order valence-electron chi connectivity index (χ2n) is 3.34. The predicted octanol–water partition coefficient (Wildman–Crippen LogP) is 2.18. The monoisotopic (exact) mass is 209 g/mol. The molecule has 4 nitrogen and oxygen atoms in total. The van der Waals surface area contributed by atoms with Gasteiger partial charge in [0.2, 0.25) is 0 Å². The molecule has 1 atom stereocenters. The van der Waals surface area contributed by atoms with Crippen LogP contribution in [0.15, 0.2) is 6.07 Å². The number of methoxy groups -OCH3 is 1. The molecular weight excluding hydrogens is 190 g/mol. The van der Waals surface area contributed by atoms with Gasteiger partial charge in [-0.05, 0) is 12.8 Å². The molecule has 84 valence electrons. The topological polar surface area (TPSA) is 47.0 Å². The molecule has 4 heteroatoms. The van der Waals surface area contributed by atoms with Crippen molar-refractivity contribution >= 4 is 5.82 Å². The number of rotatable bonds is 5. The molecule has 1 N–H and O–H groups in total. The van der Waals surface area contributed by atoms with Crippen LogP contribution in [0, 0.1) is 0 Å². The van der Waals surface area contributed by atoms with E-state index in [1.807, 2.05) is 13.1 Å². The summed E-state index contributed by atoms with van der Waals surface area (Å²) < 4.78 is 5.33. The van der Waals surface area contributed by atoms with Crippen molar-refractivity contribution < 1.29 is 4.74 Å². The van der Waals surface area contributed by atoms with Crippen LogP contribution in [0.25, 0.3) is 0 Å². The normalized spacial score (nSPS) is 12.5. The maximum absolute atomic E-state index is 5.33. The van der Waals surface area contributed by atoms with E-state index < -0.39 is 0 Å². The highest BCUT2D eigenvalue weighted by Crippen LogP contribution is 2.18. The second-order valence-corrected chi connectivity index (χ2v) is 3.34. The van der Waals surface area contributed by atoms with Crippen LogP contribution < -0.4 is 5.32 Å². The van der Waals surface area contributed by atoms with Crippen LogP contribution in [0.4, 0.5) is 5.82 Å². The molecule has 0 saturated carbocycles. The van der Waals surface area contributed by atoms with Crippen molar-refractivity contribution in [2.75, 3.05) is 19.5 Å². The molecule has 1 heterocycles. The zero-order valence-corrected chi connectivity index (χ0v) is 9.87. The first-order valence-electron chi connectivity index (χ1n) is 5.33. The Balaban J connectivity index is 3.05. The summed E-state index contributed by atoms with van der Waals surface area (Å²) >= 11 is 0. The highest BCUT2D eigenvalue weighted by molar-refractivity contribution is 5.35. The minimum absolute atomic E-state index is 0.0106. The third-order valence-electron chi connectivity index (χ3n) is 2.36. The first-order chi connectivity index (χ1) is 7.24. The van der Waals surface area contributed by atoms with Crippen molar-refractivity contribution in [1.82, 2.24) is 9.97 Å². The van der Waals surface area contributed by atoms with Crippen molar-refractivity contribution in [3.05, 3.63) is 17.6 Å². The molecule has 0 spiro atoms. The molecule has 0 radical (unpaired) electrons. The van der Waals surface area contributed by atoms with Gasteiger partial charge in [-0.15, -0.1) is 0 Å². The summed E-state index contributed by atoms with van der Waals surface area (Å²) in [5.74, 6) is 1.62. The van der Waals surface area contributed by atoms with Gasteiger partial charge in [-0.3, -0.25) is 0 Å². The van der Waals surface area contributed by atoms with E-state index in [9.17, 15) is 0 Å². The van der Waals surface area contributed by atoms with Crippen LogP contribution in [0.1, 0.15) is 37.9 Å². The standard InChI is InChI=1S/C11H19N3O/c1-5-8-7-10(12-3)14-11(13-8)9(6-2)15-4/h7,9H,5-6H2,1-4H3,(H,12,13,14). The van der Waals surface area contributed by atoms with Crippen molar-refractivity contribution in [2.24, 2.45) is 0 Å². The lowest BCUT2D eigenvalue weighted by Gasteiger charge is -2.13. The quantitative estimate of drug-likeness (QED) is 0.807. The summed E-state index contributed by atoms with van der Waals surface area (Å²) in [4.78, 5) is 8.86. The minimum Gasteiger partial charge on any atom is -0.373 e. The van der Waals surface area contributed by atoms with E-state index in [0.29, 0.717) is 0 Å². The number of hydrogen-bond donors (Lipinski definition) is 1. The average Bonchev–Trinajstić information content (AvgIpc) is 2.30. The number of ether oxygens (including phenoxy) is 1. The summed E-state index contributed by atoms with van der Waals surface area (Å²) in [5.41, 5.74) is 1.04. The molecule has 0 amide bonds. The van der Waals surface area contributed by atoms with Crippen LogP contribution in [0.2, 0.25) is 0 Å². The lowest BCUT2D eigenvalue weighted by molar-refractivity contribution is 0.0925. The third kappa shape index (κ3) is 2.89. The van der Waals surface area contributed by atoms with E-state index in [-0.39, 0.29) is 6.10 Å². The van der Waals surface area contributed by atoms with Gasteiger partial charge in [-0.25, -0.2) is 9.97 Å². The fourth-order valence-corrected chi connectivity index (χ4v) is 1.43. The fourth-order valence-electron chi connectivity index (χ4n) is 1.43. The smallest absolute Gasteiger partial charge is 0.159 e. The largest absolute Gasteiger partial charge is 0.373 e. The first kappa shape index (κ1) is 11.9. The summed E-state index contributed by atoms with van der Waals surface area (Å²) in [6.45, 7) is 4.15. The Kier molecular flexibility index (Phi) is 4.49. The minimum atomic E-state index is -0.0106. The highest BCUT2D eigenvalue weighted by atomic mass is 16.5. The van der Waals surface area contributed by atoms with Crippen LogP contribution in [-0.4, -0.2) is 24.1 Å². The van der Waals surface area contributed by atoms with Gasteiger partial charge in [0.1, 0.15) is 11.9 Å². The van der Waals surface area contributed by atoms with Crippen LogP contribution >= 0.6 is 0 Å². The molecular formula is C11H19N3O. The number of nitrogens with zero attached hydrogens (tertiary/aromatic N) is 2. The molecule has 15 heavy (non-hydrogen) atoms. The summed E-state index contributed by atoms with van der Waals surface area (Å²) in [7, 11) is 3.55. The predicted molar refractivity (Wildman–Crippen MR) is 61.0 cm³/mol. The number of nitrogens with one attached hydrogen (secondary N) is 1. The van der Waals surface area contributed by atoms with Crippen molar-refractivity contribution in [2.45, 2.75) is 32.8 Å². The summed E-state index contributed by atoms with van der Waals surface area (Å²) in [6, 6.07) is 1.96. The highest BCUT2D eigenvalue weighted by Gasteiger charge is 2.12. The number of hydrogen-bond acceptors (Lipinski definition) is 4. The zero-order valence-electron chi connectivity index (χ0n) is 9.87. The first-order valence-corrected chi connectivity index (χ1v) is 5.33. The molecule has 1 aromatic heterocycles. The van der Waals surface area contributed by atoms with E-state index in [0.717, 1.165) is 30.2 Å². The summed E-state index contributed by atoms with van der Waals surface area (Å²) in [5, 5.41) is 3.04. The lowest BCUT2D eigenvalue weighted by Crippen LogP contribution is -2.09. The van der Waals surface area contributed by atoms with Crippen molar-refractivity contribution in [3.8, 4) is 0 Å². The van der Waals surface area contributed by atoms with Gasteiger partial charge in [-0.2, -0.15) is 0 Å². The summed E-state index contributed by atoms with van der Waals surface area (Å²) in [6.07, 6.45) is 1.78. The van der Waals surface area contributed by atoms with Crippen molar-refractivity contribution in [1.29, 1.82) is 0 Å². The fraction of sp³-hybridized carbons (Fsp3) is 0.636. The van der Waals surface area contributed by atoms with Gasteiger partial charge in [0.15, 0.2) is 5.82 Å². The number of anilines is 1. The molecule has 0 fully saturated rings. The van der Waals surface area contributed by atoms with Gasteiger partial charge in [-0.1, -0.05) is 13.8 Å². The SMILES string of the molecule is CCc1cc(NC)nc(C(CC)OC)n1. The Morgan fingerprint density at radius 2 is 2.13 bits per heavy atom. The number of aryl methyl sites for hydroxylation is 1. The zero-order chi connectivity index (χ0) is 11.3. The van der Waals surface area contributed by atoms with E-state index >= 15 is 0 Å². The van der Waals surface area contributed by atoms with E-state index in [1.165, 1.54) is 0 Å². The Bertz CT molecular complexity index is 288. The Morgan fingerprint density at radius 1 is 1.40 bits per heavy atom. The molecule has 0 saturated heterocycles. The molecule has 0 aliphatic carbocycles. The van der Waals surface area contributed by atoms with Crippen LogP contribution in [0.3, 0.4) is 0 Å². The molecule has 1 unspecified atom stereocenters. The number of aromatic nitrogens is 2. The molecule has 0 bridgehead atoms. The Morgan fingerprint density at radius 3 is 2.60 bits per heavy atom. The molecule has 0 aliphatic rings. The van der Waals surface area contributed by atoms with Gasteiger partial charge in [0, 0.05) is 25.9 Å². The Labute approximate surface area is 91.1 Å². The van der Waals surface area contributed by atoms with Gasteiger partial charge < -0.3 is 10.1 Å². The van der Waals surface area contributed by atoms with Gasteiger partial charge in [0.05, 0.1) is 0 Å². The van der Waals surface area contributed by atoms with Crippen LogP contribution in [-0.2, 0) is 11.2 Å². The van der Waals surface area contributed by atoms with Crippen LogP contribution in [0.5, 0.6) is 0 Å². The van der Waals surface area contributed by atoms with E-state index in [4.69, 9.17) is 4.74 Å². The van der Waals surface area contributed by atoms with Gasteiger partial charge in [0.25, 0.3) is 0 Å². The maximum Gasteiger partial charge on any atom is 0.159 e. The van der Waals surface area contributed by atoms with Crippen molar-refractivity contribution in [3.63, 3.8) is 0 Å². The Hall–Kier alpha value is -1.16. The van der Waals surface area contributed by atoms with Gasteiger partial charge >= 0.3 is 0 Å². The molecule has 1 aromatic rings. The molecule has 1 rings (SSSR count). The average molecular weight is 209 g/mol. The molecule has 0 aliphatic heterocycles. The molecule has 0 aromatic carbocycles. The van der Waals surface area contributed by atoms with E-state index in [1.54, 1.807) is 7.11 Å². The maximum atomic E-state index is 5.33. The lowest BCUT2D eigenvalue weighted by atomic mass is 10.2. The second kappa shape index (κ2) is 5.66.